The van der Waals surface area contributed by atoms with Crippen LogP contribution in [0.4, 0.5) is 0 Å². The fourth-order valence-electron chi connectivity index (χ4n) is 3.32. The number of likely N-dealkylation sites (tertiary alicyclic amines) is 1. The summed E-state index contributed by atoms with van der Waals surface area (Å²) in [4.78, 5) is 14.4. The molecule has 7 heteroatoms. The SMILES string of the molecule is CCn1c(C2CCCN(C(=O)/C=C/c3cccc(C#N)c3)C2)n[nH]c1=S. The number of carbonyl (C=O) groups excluding carboxylic acids is 1. The second-order valence-electron chi connectivity index (χ2n) is 6.33. The third kappa shape index (κ3) is 3.92. The van der Waals surface area contributed by atoms with Gasteiger partial charge in [0.15, 0.2) is 4.77 Å². The molecule has 1 atom stereocenters. The number of rotatable bonds is 4. The molecule has 3 rings (SSSR count). The lowest BCUT2D eigenvalue weighted by Gasteiger charge is -2.31. The Morgan fingerprint density at radius 1 is 1.54 bits per heavy atom. The number of aromatic nitrogens is 3. The number of carbonyl (C=O) groups is 1. The molecule has 1 saturated heterocycles. The largest absolute Gasteiger partial charge is 0.338 e. The minimum absolute atomic E-state index is 0.0192. The van der Waals surface area contributed by atoms with E-state index in [0.717, 1.165) is 37.3 Å². The van der Waals surface area contributed by atoms with E-state index >= 15 is 0 Å². The van der Waals surface area contributed by atoms with Crippen LogP contribution >= 0.6 is 12.2 Å². The molecule has 1 fully saturated rings. The van der Waals surface area contributed by atoms with Gasteiger partial charge in [0, 0.05) is 31.6 Å². The van der Waals surface area contributed by atoms with Crippen LogP contribution in [0.15, 0.2) is 30.3 Å². The average molecular weight is 367 g/mol. The number of nitrogens with one attached hydrogen (secondary N) is 1. The Hall–Kier alpha value is -2.72. The van der Waals surface area contributed by atoms with Gasteiger partial charge >= 0.3 is 0 Å². The summed E-state index contributed by atoms with van der Waals surface area (Å²) < 4.78 is 2.63. The van der Waals surface area contributed by atoms with Crippen molar-refractivity contribution in [3.63, 3.8) is 0 Å². The molecule has 134 valence electrons. The van der Waals surface area contributed by atoms with E-state index < -0.39 is 0 Å². The third-order valence-corrected chi connectivity index (χ3v) is 4.95. The number of amides is 1. The molecule has 0 bridgehead atoms. The van der Waals surface area contributed by atoms with Crippen molar-refractivity contribution < 1.29 is 4.79 Å². The molecule has 0 spiro atoms. The lowest BCUT2D eigenvalue weighted by Crippen LogP contribution is -2.38. The van der Waals surface area contributed by atoms with Gasteiger partial charge in [0.05, 0.1) is 11.6 Å². The number of piperidine rings is 1. The summed E-state index contributed by atoms with van der Waals surface area (Å²) in [6, 6.07) is 9.31. The number of nitriles is 1. The molecule has 1 amide bonds. The predicted molar refractivity (Wildman–Crippen MR) is 102 cm³/mol. The number of H-pyrrole nitrogens is 1. The Kier molecular flexibility index (Phi) is 5.64. The third-order valence-electron chi connectivity index (χ3n) is 4.64. The van der Waals surface area contributed by atoms with Gasteiger partial charge in [-0.1, -0.05) is 12.1 Å². The maximum Gasteiger partial charge on any atom is 0.246 e. The van der Waals surface area contributed by atoms with E-state index in [1.165, 1.54) is 0 Å². The van der Waals surface area contributed by atoms with E-state index in [0.29, 0.717) is 16.9 Å². The maximum absolute atomic E-state index is 12.6. The molecule has 1 aromatic carbocycles. The Morgan fingerprint density at radius 2 is 2.38 bits per heavy atom. The topological polar surface area (TPSA) is 77.7 Å². The lowest BCUT2D eigenvalue weighted by molar-refractivity contribution is -0.127. The summed E-state index contributed by atoms with van der Waals surface area (Å²) in [7, 11) is 0. The molecule has 1 aliphatic heterocycles. The molecular formula is C19H21N5OS. The van der Waals surface area contributed by atoms with Crippen molar-refractivity contribution in [3.05, 3.63) is 52.1 Å². The van der Waals surface area contributed by atoms with E-state index in [1.807, 2.05) is 28.5 Å². The Labute approximate surface area is 157 Å². The summed E-state index contributed by atoms with van der Waals surface area (Å²) in [5.41, 5.74) is 1.43. The van der Waals surface area contributed by atoms with Crippen molar-refractivity contribution in [1.29, 1.82) is 5.26 Å². The average Bonchev–Trinajstić information content (AvgIpc) is 3.06. The molecule has 1 N–H and O–H groups in total. The normalized spacial score (nSPS) is 17.4. The fraction of sp³-hybridized carbons (Fsp3) is 0.368. The van der Waals surface area contributed by atoms with Gasteiger partial charge in [-0.3, -0.25) is 9.89 Å². The zero-order valence-corrected chi connectivity index (χ0v) is 15.5. The van der Waals surface area contributed by atoms with Crippen LogP contribution in [0.2, 0.25) is 0 Å². The molecule has 1 aromatic heterocycles. The highest BCUT2D eigenvalue weighted by molar-refractivity contribution is 7.71. The van der Waals surface area contributed by atoms with Gasteiger partial charge in [0.2, 0.25) is 5.91 Å². The van der Waals surface area contributed by atoms with E-state index in [2.05, 4.69) is 16.3 Å². The van der Waals surface area contributed by atoms with Gasteiger partial charge in [0.1, 0.15) is 5.82 Å². The molecule has 1 aliphatic rings. The predicted octanol–water partition coefficient (Wildman–Crippen LogP) is 3.25. The van der Waals surface area contributed by atoms with Gasteiger partial charge < -0.3 is 9.47 Å². The smallest absolute Gasteiger partial charge is 0.246 e. The summed E-state index contributed by atoms with van der Waals surface area (Å²) in [6.45, 7) is 4.19. The van der Waals surface area contributed by atoms with Gasteiger partial charge in [-0.2, -0.15) is 10.4 Å². The van der Waals surface area contributed by atoms with Gasteiger partial charge in [-0.15, -0.1) is 0 Å². The molecule has 1 unspecified atom stereocenters. The first-order valence-corrected chi connectivity index (χ1v) is 9.15. The Bertz CT molecular complexity index is 920. The van der Waals surface area contributed by atoms with Crippen molar-refractivity contribution in [2.24, 2.45) is 0 Å². The quantitative estimate of drug-likeness (QED) is 0.665. The lowest BCUT2D eigenvalue weighted by atomic mass is 9.97. The van der Waals surface area contributed by atoms with E-state index in [4.69, 9.17) is 17.5 Å². The molecule has 26 heavy (non-hydrogen) atoms. The first kappa shape index (κ1) is 18.1. The van der Waals surface area contributed by atoms with Crippen LogP contribution in [-0.2, 0) is 11.3 Å². The number of aromatic amines is 1. The summed E-state index contributed by atoms with van der Waals surface area (Å²) in [6.07, 6.45) is 5.28. The van der Waals surface area contributed by atoms with Crippen LogP contribution in [-0.4, -0.2) is 38.7 Å². The number of hydrogen-bond acceptors (Lipinski definition) is 4. The maximum atomic E-state index is 12.6. The van der Waals surface area contributed by atoms with Crippen molar-refractivity contribution in [3.8, 4) is 6.07 Å². The number of nitrogens with zero attached hydrogens (tertiary/aromatic N) is 4. The molecule has 6 nitrogen and oxygen atoms in total. The zero-order chi connectivity index (χ0) is 18.5. The van der Waals surface area contributed by atoms with E-state index in [9.17, 15) is 4.79 Å². The standard InChI is InChI=1S/C19H21N5OS/c1-2-24-18(21-22-19(24)26)16-7-4-10-23(13-16)17(25)9-8-14-5-3-6-15(11-14)12-20/h3,5-6,8-9,11,16H,2,4,7,10,13H2,1H3,(H,22,26)/b9-8+. The Morgan fingerprint density at radius 3 is 3.15 bits per heavy atom. The molecule has 0 radical (unpaired) electrons. The molecule has 0 aliphatic carbocycles. The highest BCUT2D eigenvalue weighted by Gasteiger charge is 2.27. The van der Waals surface area contributed by atoms with E-state index in [1.54, 1.807) is 24.3 Å². The first-order valence-electron chi connectivity index (χ1n) is 8.74. The van der Waals surface area contributed by atoms with Gasteiger partial charge in [0.25, 0.3) is 0 Å². The first-order chi connectivity index (χ1) is 12.6. The monoisotopic (exact) mass is 367 g/mol. The summed E-state index contributed by atoms with van der Waals surface area (Å²) in [5.74, 6) is 1.10. The summed E-state index contributed by atoms with van der Waals surface area (Å²) >= 11 is 5.27. The highest BCUT2D eigenvalue weighted by Crippen LogP contribution is 2.26. The van der Waals surface area contributed by atoms with Crippen molar-refractivity contribution in [1.82, 2.24) is 19.7 Å². The number of hydrogen-bond donors (Lipinski definition) is 1. The second kappa shape index (κ2) is 8.11. The molecule has 0 saturated carbocycles. The zero-order valence-electron chi connectivity index (χ0n) is 14.7. The molecule has 2 heterocycles. The van der Waals surface area contributed by atoms with Crippen molar-refractivity contribution >= 4 is 24.2 Å². The van der Waals surface area contributed by atoms with Crippen LogP contribution in [0.3, 0.4) is 0 Å². The van der Waals surface area contributed by atoms with Crippen molar-refractivity contribution in [2.75, 3.05) is 13.1 Å². The van der Waals surface area contributed by atoms with Gasteiger partial charge in [-0.05, 0) is 55.8 Å². The van der Waals surface area contributed by atoms with Crippen molar-refractivity contribution in [2.45, 2.75) is 32.2 Å². The molecular weight excluding hydrogens is 346 g/mol. The van der Waals surface area contributed by atoms with Crippen LogP contribution < -0.4 is 0 Å². The van der Waals surface area contributed by atoms with Crippen LogP contribution in [0.1, 0.15) is 42.6 Å². The van der Waals surface area contributed by atoms with Crippen LogP contribution in [0, 0.1) is 16.1 Å². The minimum atomic E-state index is -0.0192. The number of benzene rings is 1. The van der Waals surface area contributed by atoms with E-state index in [-0.39, 0.29) is 11.8 Å². The second-order valence-corrected chi connectivity index (χ2v) is 6.71. The van der Waals surface area contributed by atoms with Crippen LogP contribution in [0.5, 0.6) is 0 Å². The fourth-order valence-corrected chi connectivity index (χ4v) is 3.59. The molecule has 2 aromatic rings. The van der Waals surface area contributed by atoms with Gasteiger partial charge in [-0.25, -0.2) is 0 Å². The summed E-state index contributed by atoms with van der Waals surface area (Å²) in [5, 5.41) is 16.2. The Balaban J connectivity index is 1.70. The highest BCUT2D eigenvalue weighted by atomic mass is 32.1. The minimum Gasteiger partial charge on any atom is -0.338 e. The van der Waals surface area contributed by atoms with Crippen LogP contribution in [0.25, 0.3) is 6.08 Å².